The third-order valence-electron chi connectivity index (χ3n) is 3.49. The van der Waals surface area contributed by atoms with Gasteiger partial charge in [0.05, 0.1) is 7.11 Å². The summed E-state index contributed by atoms with van der Waals surface area (Å²) in [7, 11) is 1.57. The molecule has 4 nitrogen and oxygen atoms in total. The van der Waals surface area contributed by atoms with Gasteiger partial charge in [-0.2, -0.15) is 0 Å². The third-order valence-corrected chi connectivity index (χ3v) is 3.49. The molecule has 0 spiro atoms. The zero-order valence-corrected chi connectivity index (χ0v) is 13.5. The highest BCUT2D eigenvalue weighted by molar-refractivity contribution is 6.04. The fourth-order valence-electron chi connectivity index (χ4n) is 2.22. The van der Waals surface area contributed by atoms with Gasteiger partial charge in [0.25, 0.3) is 5.91 Å². The van der Waals surface area contributed by atoms with E-state index in [1.807, 2.05) is 0 Å². The molecule has 0 atom stereocenters. The van der Waals surface area contributed by atoms with Crippen LogP contribution in [0.3, 0.4) is 0 Å². The van der Waals surface area contributed by atoms with Crippen LogP contribution in [0, 0.1) is 5.82 Å². The van der Waals surface area contributed by atoms with Crippen molar-refractivity contribution < 1.29 is 18.7 Å². The van der Waals surface area contributed by atoms with E-state index in [2.05, 4.69) is 5.32 Å². The Bertz CT molecular complexity index is 861. The van der Waals surface area contributed by atoms with Crippen molar-refractivity contribution in [3.05, 3.63) is 84.2 Å². The quantitative estimate of drug-likeness (QED) is 0.722. The first-order valence-corrected chi connectivity index (χ1v) is 7.63. The number of benzene rings is 3. The Morgan fingerprint density at radius 1 is 0.880 bits per heavy atom. The fraction of sp³-hybridized carbons (Fsp3) is 0.0500. The molecule has 3 aromatic rings. The van der Waals surface area contributed by atoms with E-state index in [0.717, 1.165) is 0 Å². The SMILES string of the molecule is COc1cccc(NC(=O)c2ccc(Oc3ccc(F)cc3)cc2)c1. The maximum atomic E-state index is 12.9. The molecule has 1 N–H and O–H groups in total. The fourth-order valence-corrected chi connectivity index (χ4v) is 2.22. The number of amides is 1. The van der Waals surface area contributed by atoms with Crippen LogP contribution >= 0.6 is 0 Å². The summed E-state index contributed by atoms with van der Waals surface area (Å²) in [4.78, 5) is 12.3. The molecule has 3 rings (SSSR count). The Balaban J connectivity index is 1.66. The maximum absolute atomic E-state index is 12.9. The summed E-state index contributed by atoms with van der Waals surface area (Å²) in [5, 5.41) is 2.81. The predicted molar refractivity (Wildman–Crippen MR) is 93.9 cm³/mol. The normalized spacial score (nSPS) is 10.2. The van der Waals surface area contributed by atoms with Crippen molar-refractivity contribution in [2.24, 2.45) is 0 Å². The van der Waals surface area contributed by atoms with E-state index in [1.54, 1.807) is 67.8 Å². The minimum atomic E-state index is -0.322. The Morgan fingerprint density at radius 3 is 2.16 bits per heavy atom. The summed E-state index contributed by atoms with van der Waals surface area (Å²) in [5.74, 6) is 1.19. The molecular weight excluding hydrogens is 321 g/mol. The molecule has 5 heteroatoms. The minimum absolute atomic E-state index is 0.235. The van der Waals surface area contributed by atoms with Crippen LogP contribution < -0.4 is 14.8 Å². The molecule has 0 bridgehead atoms. The average molecular weight is 337 g/mol. The molecule has 0 aliphatic rings. The molecule has 0 aromatic heterocycles. The van der Waals surface area contributed by atoms with Crippen molar-refractivity contribution in [3.8, 4) is 17.2 Å². The zero-order chi connectivity index (χ0) is 17.6. The van der Waals surface area contributed by atoms with Crippen LogP contribution in [0.2, 0.25) is 0 Å². The van der Waals surface area contributed by atoms with E-state index in [9.17, 15) is 9.18 Å². The van der Waals surface area contributed by atoms with E-state index in [4.69, 9.17) is 9.47 Å². The van der Waals surface area contributed by atoms with E-state index >= 15 is 0 Å². The number of methoxy groups -OCH3 is 1. The molecule has 126 valence electrons. The van der Waals surface area contributed by atoms with Gasteiger partial charge in [0.2, 0.25) is 0 Å². The van der Waals surface area contributed by atoms with E-state index in [0.29, 0.717) is 28.5 Å². The topological polar surface area (TPSA) is 47.6 Å². The van der Waals surface area contributed by atoms with Gasteiger partial charge in [-0.15, -0.1) is 0 Å². The Hall–Kier alpha value is -3.34. The van der Waals surface area contributed by atoms with Crippen molar-refractivity contribution in [1.82, 2.24) is 0 Å². The summed E-state index contributed by atoms with van der Waals surface area (Å²) in [6, 6.07) is 19.5. The Morgan fingerprint density at radius 2 is 1.52 bits per heavy atom. The van der Waals surface area contributed by atoms with Crippen molar-refractivity contribution in [3.63, 3.8) is 0 Å². The summed E-state index contributed by atoms with van der Waals surface area (Å²) in [6.45, 7) is 0. The van der Waals surface area contributed by atoms with Gasteiger partial charge in [0, 0.05) is 17.3 Å². The summed E-state index contributed by atoms with van der Waals surface area (Å²) >= 11 is 0. The molecular formula is C20H16FNO3. The van der Waals surface area contributed by atoms with Crippen LogP contribution in [-0.2, 0) is 0 Å². The van der Waals surface area contributed by atoms with Gasteiger partial charge in [-0.3, -0.25) is 4.79 Å². The van der Waals surface area contributed by atoms with Crippen LogP contribution in [0.5, 0.6) is 17.2 Å². The van der Waals surface area contributed by atoms with Crippen molar-refractivity contribution in [1.29, 1.82) is 0 Å². The van der Waals surface area contributed by atoms with Gasteiger partial charge in [0.15, 0.2) is 0 Å². The molecule has 0 heterocycles. The molecule has 0 fully saturated rings. The Labute approximate surface area is 144 Å². The monoisotopic (exact) mass is 337 g/mol. The molecule has 0 saturated heterocycles. The standard InChI is InChI=1S/C20H16FNO3/c1-24-19-4-2-3-16(13-19)22-20(23)14-5-9-17(10-6-14)25-18-11-7-15(21)8-12-18/h2-13H,1H3,(H,22,23). The molecule has 0 aliphatic heterocycles. The number of ether oxygens (including phenoxy) is 2. The molecule has 0 radical (unpaired) electrons. The van der Waals surface area contributed by atoms with E-state index < -0.39 is 0 Å². The number of hydrogen-bond donors (Lipinski definition) is 1. The second-order valence-corrected chi connectivity index (χ2v) is 5.27. The Kier molecular flexibility index (Phi) is 4.95. The number of rotatable bonds is 5. The van der Waals surface area contributed by atoms with Gasteiger partial charge < -0.3 is 14.8 Å². The first-order valence-electron chi connectivity index (χ1n) is 7.63. The number of carbonyl (C=O) groups excluding carboxylic acids is 1. The summed E-state index contributed by atoms with van der Waals surface area (Å²) in [6.07, 6.45) is 0. The average Bonchev–Trinajstić information content (AvgIpc) is 2.64. The molecule has 0 unspecified atom stereocenters. The van der Waals surface area contributed by atoms with Gasteiger partial charge >= 0.3 is 0 Å². The lowest BCUT2D eigenvalue weighted by Crippen LogP contribution is -2.11. The zero-order valence-electron chi connectivity index (χ0n) is 13.5. The lowest BCUT2D eigenvalue weighted by atomic mass is 10.2. The molecule has 1 amide bonds. The third kappa shape index (κ3) is 4.35. The van der Waals surface area contributed by atoms with Crippen LogP contribution in [-0.4, -0.2) is 13.0 Å². The van der Waals surface area contributed by atoms with E-state index in [1.165, 1.54) is 12.1 Å². The molecule has 0 aliphatic carbocycles. The number of halogens is 1. The highest BCUT2D eigenvalue weighted by atomic mass is 19.1. The summed E-state index contributed by atoms with van der Waals surface area (Å²) in [5.41, 5.74) is 1.14. The first kappa shape index (κ1) is 16.5. The van der Waals surface area contributed by atoms with Crippen molar-refractivity contribution >= 4 is 11.6 Å². The second kappa shape index (κ2) is 7.49. The van der Waals surface area contributed by atoms with Crippen molar-refractivity contribution in [2.75, 3.05) is 12.4 Å². The van der Waals surface area contributed by atoms with Gasteiger partial charge in [0.1, 0.15) is 23.1 Å². The van der Waals surface area contributed by atoms with Gasteiger partial charge in [-0.1, -0.05) is 6.07 Å². The minimum Gasteiger partial charge on any atom is -0.497 e. The molecule has 25 heavy (non-hydrogen) atoms. The number of anilines is 1. The second-order valence-electron chi connectivity index (χ2n) is 5.27. The molecule has 0 saturated carbocycles. The van der Waals surface area contributed by atoms with Crippen molar-refractivity contribution in [2.45, 2.75) is 0 Å². The van der Waals surface area contributed by atoms with Crippen LogP contribution in [0.4, 0.5) is 10.1 Å². The van der Waals surface area contributed by atoms with Crippen LogP contribution in [0.15, 0.2) is 72.8 Å². The maximum Gasteiger partial charge on any atom is 0.255 e. The van der Waals surface area contributed by atoms with Gasteiger partial charge in [-0.05, 0) is 60.7 Å². The lowest BCUT2D eigenvalue weighted by molar-refractivity contribution is 0.102. The smallest absolute Gasteiger partial charge is 0.255 e. The number of nitrogens with one attached hydrogen (secondary N) is 1. The van der Waals surface area contributed by atoms with Crippen LogP contribution in [0.1, 0.15) is 10.4 Å². The van der Waals surface area contributed by atoms with Crippen LogP contribution in [0.25, 0.3) is 0 Å². The molecule has 3 aromatic carbocycles. The van der Waals surface area contributed by atoms with Gasteiger partial charge in [-0.25, -0.2) is 4.39 Å². The largest absolute Gasteiger partial charge is 0.497 e. The number of carbonyl (C=O) groups is 1. The summed E-state index contributed by atoms with van der Waals surface area (Å²) < 4.78 is 23.6. The predicted octanol–water partition coefficient (Wildman–Crippen LogP) is 4.88. The highest BCUT2D eigenvalue weighted by Crippen LogP contribution is 2.22. The number of hydrogen-bond acceptors (Lipinski definition) is 3. The highest BCUT2D eigenvalue weighted by Gasteiger charge is 2.07. The lowest BCUT2D eigenvalue weighted by Gasteiger charge is -2.08. The van der Waals surface area contributed by atoms with E-state index in [-0.39, 0.29) is 11.7 Å². The first-order chi connectivity index (χ1) is 12.1.